The van der Waals surface area contributed by atoms with Gasteiger partial charge in [-0.2, -0.15) is 0 Å². The molecule has 0 aliphatic carbocycles. The lowest BCUT2D eigenvalue weighted by molar-refractivity contribution is 0.124. The van der Waals surface area contributed by atoms with Gasteiger partial charge in [-0.25, -0.2) is 4.79 Å². The lowest BCUT2D eigenvalue weighted by Gasteiger charge is -2.29. The molecule has 0 aromatic carbocycles. The molecule has 6 heteroatoms. The molecule has 0 bridgehead atoms. The lowest BCUT2D eigenvalue weighted by atomic mass is 9.93. The first-order valence-electron chi connectivity index (χ1n) is 6.16. The molecule has 1 aliphatic rings. The molecule has 1 aromatic heterocycles. The summed E-state index contributed by atoms with van der Waals surface area (Å²) in [7, 11) is 3.82. The Morgan fingerprint density at radius 1 is 1.56 bits per heavy atom. The van der Waals surface area contributed by atoms with Gasteiger partial charge in [0.2, 0.25) is 0 Å². The molecule has 0 atom stereocenters. The lowest BCUT2D eigenvalue weighted by Crippen LogP contribution is -2.37. The highest BCUT2D eigenvalue weighted by molar-refractivity contribution is 7.09. The summed E-state index contributed by atoms with van der Waals surface area (Å²) in [6, 6.07) is 0. The Bertz CT molecular complexity index is 484. The van der Waals surface area contributed by atoms with Crippen LogP contribution in [0.2, 0.25) is 0 Å². The van der Waals surface area contributed by atoms with Gasteiger partial charge in [0.1, 0.15) is 0 Å². The van der Waals surface area contributed by atoms with Crippen molar-refractivity contribution >= 4 is 17.4 Å². The zero-order valence-corrected chi connectivity index (χ0v) is 11.6. The number of aryl methyl sites for hydroxylation is 1. The van der Waals surface area contributed by atoms with Gasteiger partial charge < -0.3 is 14.6 Å². The number of carbonyl (C=O) groups is 1. The topological polar surface area (TPSA) is 57.8 Å². The molecule has 1 aromatic rings. The van der Waals surface area contributed by atoms with Crippen LogP contribution < -0.4 is 4.80 Å². The maximum Gasteiger partial charge on any atom is 0.407 e. The van der Waals surface area contributed by atoms with Crippen LogP contribution in [0.4, 0.5) is 4.79 Å². The van der Waals surface area contributed by atoms with E-state index < -0.39 is 6.09 Å². The van der Waals surface area contributed by atoms with E-state index in [-0.39, 0.29) is 0 Å². The van der Waals surface area contributed by atoms with Crippen molar-refractivity contribution in [1.82, 2.24) is 9.47 Å². The molecule has 5 nitrogen and oxygen atoms in total. The summed E-state index contributed by atoms with van der Waals surface area (Å²) in [6.07, 6.45) is 4.32. The van der Waals surface area contributed by atoms with Crippen molar-refractivity contribution in [2.24, 2.45) is 18.0 Å². The highest BCUT2D eigenvalue weighted by Gasteiger charge is 2.22. The summed E-state index contributed by atoms with van der Waals surface area (Å²) >= 11 is 1.73. The monoisotopic (exact) mass is 269 g/mol. The summed E-state index contributed by atoms with van der Waals surface area (Å²) in [5, 5.41) is 8.90. The molecule has 0 spiro atoms. The Hall–Kier alpha value is -1.30. The number of hydrogen-bond donors (Lipinski definition) is 1. The third-order valence-electron chi connectivity index (χ3n) is 3.43. The average molecular weight is 269 g/mol. The molecule has 1 N–H and O–H groups in total. The van der Waals surface area contributed by atoms with E-state index in [2.05, 4.69) is 11.2 Å². The minimum Gasteiger partial charge on any atom is -0.465 e. The number of hydrogen-bond acceptors (Lipinski definition) is 3. The number of carboxylic acid groups (broad SMARTS) is 1. The highest BCUT2D eigenvalue weighted by atomic mass is 32.1. The first kappa shape index (κ1) is 13.1. The molecule has 18 heavy (non-hydrogen) atoms. The van der Waals surface area contributed by atoms with Crippen LogP contribution in [0.25, 0.3) is 0 Å². The Balaban J connectivity index is 1.93. The standard InChI is InChI=1S/C12H19N3O2S/c1-13-11-14(2)8-10(18-11)7-9-3-5-15(6-4-9)12(16)17/h8-9H,3-7H2,1-2H3,(H,16,17). The molecular weight excluding hydrogens is 250 g/mol. The molecule has 1 saturated heterocycles. The predicted molar refractivity (Wildman–Crippen MR) is 70.8 cm³/mol. The summed E-state index contributed by atoms with van der Waals surface area (Å²) in [4.78, 5) is 18.9. The van der Waals surface area contributed by atoms with Crippen LogP contribution in [0.3, 0.4) is 0 Å². The highest BCUT2D eigenvalue weighted by Crippen LogP contribution is 2.22. The van der Waals surface area contributed by atoms with Gasteiger partial charge in [-0.1, -0.05) is 0 Å². The van der Waals surface area contributed by atoms with Crippen LogP contribution in [0.5, 0.6) is 0 Å². The van der Waals surface area contributed by atoms with Gasteiger partial charge >= 0.3 is 6.09 Å². The quantitative estimate of drug-likeness (QED) is 0.885. The Morgan fingerprint density at radius 3 is 2.72 bits per heavy atom. The molecule has 1 fully saturated rings. The molecule has 2 heterocycles. The van der Waals surface area contributed by atoms with E-state index >= 15 is 0 Å². The van der Waals surface area contributed by atoms with Gasteiger partial charge in [0.05, 0.1) is 0 Å². The number of nitrogens with zero attached hydrogens (tertiary/aromatic N) is 3. The average Bonchev–Trinajstić information content (AvgIpc) is 2.70. The van der Waals surface area contributed by atoms with E-state index in [0.717, 1.165) is 24.1 Å². The van der Waals surface area contributed by atoms with Gasteiger partial charge in [0, 0.05) is 38.3 Å². The largest absolute Gasteiger partial charge is 0.465 e. The van der Waals surface area contributed by atoms with E-state index in [0.29, 0.717) is 19.0 Å². The zero-order chi connectivity index (χ0) is 13.1. The third kappa shape index (κ3) is 2.93. The van der Waals surface area contributed by atoms with Crippen molar-refractivity contribution in [3.63, 3.8) is 0 Å². The Morgan fingerprint density at radius 2 is 2.22 bits per heavy atom. The van der Waals surface area contributed by atoms with Crippen molar-refractivity contribution in [2.75, 3.05) is 20.1 Å². The van der Waals surface area contributed by atoms with Gasteiger partial charge in [-0.15, -0.1) is 11.3 Å². The van der Waals surface area contributed by atoms with Crippen molar-refractivity contribution in [3.8, 4) is 0 Å². The van der Waals surface area contributed by atoms with Crippen LogP contribution in [-0.2, 0) is 13.5 Å². The minimum atomic E-state index is -0.789. The molecule has 0 unspecified atom stereocenters. The second-order valence-corrected chi connectivity index (χ2v) is 5.83. The number of likely N-dealkylation sites (tertiary alicyclic amines) is 1. The molecular formula is C12H19N3O2S. The molecule has 1 aliphatic heterocycles. The van der Waals surface area contributed by atoms with E-state index in [1.165, 1.54) is 9.78 Å². The second kappa shape index (κ2) is 5.56. The SMILES string of the molecule is CN=c1sc(CC2CCN(C(=O)O)CC2)cn1C. The number of piperidine rings is 1. The van der Waals surface area contributed by atoms with Crippen molar-refractivity contribution in [3.05, 3.63) is 15.9 Å². The first-order chi connectivity index (χ1) is 8.60. The van der Waals surface area contributed by atoms with Gasteiger partial charge in [-0.05, 0) is 25.2 Å². The maximum absolute atomic E-state index is 10.8. The molecule has 100 valence electrons. The zero-order valence-electron chi connectivity index (χ0n) is 10.8. The van der Waals surface area contributed by atoms with Gasteiger partial charge in [0.15, 0.2) is 4.80 Å². The number of thiazole rings is 1. The first-order valence-corrected chi connectivity index (χ1v) is 6.98. The van der Waals surface area contributed by atoms with E-state index in [9.17, 15) is 4.79 Å². The third-order valence-corrected chi connectivity index (χ3v) is 4.62. The molecule has 1 amide bonds. The summed E-state index contributed by atoms with van der Waals surface area (Å²) in [6.45, 7) is 1.34. The second-order valence-electron chi connectivity index (χ2n) is 4.73. The van der Waals surface area contributed by atoms with Crippen molar-refractivity contribution in [1.29, 1.82) is 0 Å². The Kier molecular flexibility index (Phi) is 4.06. The summed E-state index contributed by atoms with van der Waals surface area (Å²) in [5.74, 6) is 0.601. The summed E-state index contributed by atoms with van der Waals surface area (Å²) < 4.78 is 2.05. The molecule has 0 radical (unpaired) electrons. The maximum atomic E-state index is 10.8. The fourth-order valence-electron chi connectivity index (χ4n) is 2.40. The van der Waals surface area contributed by atoms with Crippen molar-refractivity contribution in [2.45, 2.75) is 19.3 Å². The van der Waals surface area contributed by atoms with Crippen LogP contribution in [0.15, 0.2) is 11.2 Å². The fraction of sp³-hybridized carbons (Fsp3) is 0.667. The van der Waals surface area contributed by atoms with Crippen LogP contribution >= 0.6 is 11.3 Å². The van der Waals surface area contributed by atoms with E-state index in [1.807, 2.05) is 11.6 Å². The minimum absolute atomic E-state index is 0.601. The van der Waals surface area contributed by atoms with E-state index in [1.54, 1.807) is 18.4 Å². The smallest absolute Gasteiger partial charge is 0.407 e. The normalized spacial score (nSPS) is 18.3. The van der Waals surface area contributed by atoms with Crippen LogP contribution in [0, 0.1) is 5.92 Å². The Labute approximate surface area is 110 Å². The van der Waals surface area contributed by atoms with Gasteiger partial charge in [0.25, 0.3) is 0 Å². The molecule has 0 saturated carbocycles. The number of aromatic nitrogens is 1. The molecule has 2 rings (SSSR count). The van der Waals surface area contributed by atoms with Crippen LogP contribution in [0.1, 0.15) is 17.7 Å². The predicted octanol–water partition coefficient (Wildman–Crippen LogP) is 1.55. The number of amides is 1. The van der Waals surface area contributed by atoms with Crippen molar-refractivity contribution < 1.29 is 9.90 Å². The van der Waals surface area contributed by atoms with Gasteiger partial charge in [-0.3, -0.25) is 4.99 Å². The summed E-state index contributed by atoms with van der Waals surface area (Å²) in [5.41, 5.74) is 0. The van der Waals surface area contributed by atoms with Crippen LogP contribution in [-0.4, -0.2) is 40.8 Å². The number of rotatable bonds is 2. The van der Waals surface area contributed by atoms with E-state index in [4.69, 9.17) is 5.11 Å². The fourth-order valence-corrected chi connectivity index (χ4v) is 3.45.